The van der Waals surface area contributed by atoms with Crippen molar-refractivity contribution in [3.63, 3.8) is 0 Å². The first-order valence-corrected chi connectivity index (χ1v) is 5.24. The SMILES string of the molecule is O=C1CCC(CNc2cncc(C(=O)O)n2)N1. The van der Waals surface area contributed by atoms with E-state index in [0.717, 1.165) is 6.42 Å². The Morgan fingerprint density at radius 2 is 2.41 bits per heavy atom. The van der Waals surface area contributed by atoms with Gasteiger partial charge in [-0.1, -0.05) is 0 Å². The molecule has 17 heavy (non-hydrogen) atoms. The van der Waals surface area contributed by atoms with Gasteiger partial charge in [-0.2, -0.15) is 0 Å². The summed E-state index contributed by atoms with van der Waals surface area (Å²) in [5, 5.41) is 14.5. The molecule has 1 aromatic heterocycles. The molecule has 7 nitrogen and oxygen atoms in total. The fraction of sp³-hybridized carbons (Fsp3) is 0.400. The van der Waals surface area contributed by atoms with E-state index in [-0.39, 0.29) is 17.6 Å². The number of carbonyl (C=O) groups is 2. The Morgan fingerprint density at radius 1 is 1.59 bits per heavy atom. The highest BCUT2D eigenvalue weighted by atomic mass is 16.4. The van der Waals surface area contributed by atoms with Crippen molar-refractivity contribution in [1.29, 1.82) is 0 Å². The second-order valence-corrected chi connectivity index (χ2v) is 3.78. The molecule has 0 aromatic carbocycles. The lowest BCUT2D eigenvalue weighted by Gasteiger charge is -2.11. The van der Waals surface area contributed by atoms with Gasteiger partial charge in [0, 0.05) is 19.0 Å². The number of rotatable bonds is 4. The smallest absolute Gasteiger partial charge is 0.356 e. The molecule has 1 aromatic rings. The van der Waals surface area contributed by atoms with Crippen molar-refractivity contribution in [2.75, 3.05) is 11.9 Å². The molecule has 1 amide bonds. The molecule has 1 saturated heterocycles. The predicted molar refractivity (Wildman–Crippen MR) is 58.6 cm³/mol. The molecule has 1 aliphatic rings. The van der Waals surface area contributed by atoms with Crippen LogP contribution in [0.4, 0.5) is 5.82 Å². The molecule has 0 bridgehead atoms. The van der Waals surface area contributed by atoms with E-state index in [9.17, 15) is 9.59 Å². The Balaban J connectivity index is 1.92. The average molecular weight is 236 g/mol. The lowest BCUT2D eigenvalue weighted by Crippen LogP contribution is -2.32. The maximum atomic E-state index is 11.0. The first kappa shape index (κ1) is 11.3. The van der Waals surface area contributed by atoms with Crippen molar-refractivity contribution < 1.29 is 14.7 Å². The Morgan fingerprint density at radius 3 is 3.06 bits per heavy atom. The summed E-state index contributed by atoms with van der Waals surface area (Å²) < 4.78 is 0. The first-order chi connectivity index (χ1) is 8.15. The van der Waals surface area contributed by atoms with Crippen molar-refractivity contribution in [1.82, 2.24) is 15.3 Å². The van der Waals surface area contributed by atoms with E-state index in [4.69, 9.17) is 5.11 Å². The van der Waals surface area contributed by atoms with Crippen molar-refractivity contribution in [3.05, 3.63) is 18.1 Å². The number of amides is 1. The van der Waals surface area contributed by atoms with Crippen LogP contribution in [-0.4, -0.2) is 39.5 Å². The fourth-order valence-electron chi connectivity index (χ4n) is 1.61. The molecule has 1 aliphatic heterocycles. The molecule has 0 aliphatic carbocycles. The maximum Gasteiger partial charge on any atom is 0.356 e. The second-order valence-electron chi connectivity index (χ2n) is 3.78. The van der Waals surface area contributed by atoms with Gasteiger partial charge in [0.25, 0.3) is 0 Å². The molecule has 0 saturated carbocycles. The van der Waals surface area contributed by atoms with E-state index in [1.54, 1.807) is 0 Å². The zero-order chi connectivity index (χ0) is 12.3. The summed E-state index contributed by atoms with van der Waals surface area (Å²) in [5.41, 5.74) is -0.106. The third-order valence-corrected chi connectivity index (χ3v) is 2.47. The van der Waals surface area contributed by atoms with Crippen molar-refractivity contribution in [2.45, 2.75) is 18.9 Å². The second kappa shape index (κ2) is 4.77. The van der Waals surface area contributed by atoms with Crippen LogP contribution in [-0.2, 0) is 4.79 Å². The average Bonchev–Trinajstić information content (AvgIpc) is 2.73. The normalized spacial score (nSPS) is 18.8. The van der Waals surface area contributed by atoms with Crippen LogP contribution < -0.4 is 10.6 Å². The van der Waals surface area contributed by atoms with Crippen LogP contribution in [0.5, 0.6) is 0 Å². The van der Waals surface area contributed by atoms with E-state index in [0.29, 0.717) is 18.8 Å². The summed E-state index contributed by atoms with van der Waals surface area (Å²) in [5.74, 6) is -0.677. The van der Waals surface area contributed by atoms with Crippen LogP contribution >= 0.6 is 0 Å². The van der Waals surface area contributed by atoms with Gasteiger partial charge in [-0.05, 0) is 6.42 Å². The van der Waals surface area contributed by atoms with Gasteiger partial charge in [0.1, 0.15) is 5.82 Å². The van der Waals surface area contributed by atoms with Crippen LogP contribution in [0.3, 0.4) is 0 Å². The van der Waals surface area contributed by atoms with Gasteiger partial charge >= 0.3 is 5.97 Å². The van der Waals surface area contributed by atoms with Crippen molar-refractivity contribution >= 4 is 17.7 Å². The monoisotopic (exact) mass is 236 g/mol. The number of hydrogen-bond donors (Lipinski definition) is 3. The third-order valence-electron chi connectivity index (χ3n) is 2.47. The number of carboxylic acids is 1. The number of anilines is 1. The van der Waals surface area contributed by atoms with E-state index < -0.39 is 5.97 Å². The molecular formula is C10H12N4O3. The van der Waals surface area contributed by atoms with E-state index in [1.165, 1.54) is 12.4 Å². The summed E-state index contributed by atoms with van der Waals surface area (Å²) >= 11 is 0. The molecule has 0 radical (unpaired) electrons. The van der Waals surface area contributed by atoms with Gasteiger partial charge in [0.15, 0.2) is 5.69 Å². The predicted octanol–water partition coefficient (Wildman–Crippen LogP) is -0.135. The van der Waals surface area contributed by atoms with Gasteiger partial charge in [-0.15, -0.1) is 0 Å². The molecule has 3 N–H and O–H groups in total. The topological polar surface area (TPSA) is 104 Å². The standard InChI is InChI=1S/C10H12N4O3/c15-9-2-1-6(13-9)3-12-8-5-11-4-7(14-8)10(16)17/h4-6H,1-3H2,(H,12,14)(H,13,15)(H,16,17). The zero-order valence-electron chi connectivity index (χ0n) is 9.01. The highest BCUT2D eigenvalue weighted by Crippen LogP contribution is 2.08. The van der Waals surface area contributed by atoms with E-state index >= 15 is 0 Å². The minimum atomic E-state index is -1.12. The number of nitrogens with one attached hydrogen (secondary N) is 2. The van der Waals surface area contributed by atoms with Gasteiger partial charge in [0.05, 0.1) is 12.4 Å². The molecule has 2 heterocycles. The number of hydrogen-bond acceptors (Lipinski definition) is 5. The minimum absolute atomic E-state index is 0.0437. The Bertz CT molecular complexity index is 449. The largest absolute Gasteiger partial charge is 0.476 e. The molecule has 90 valence electrons. The van der Waals surface area contributed by atoms with Crippen LogP contribution in [0, 0.1) is 0 Å². The highest BCUT2D eigenvalue weighted by Gasteiger charge is 2.20. The molecule has 7 heteroatoms. The van der Waals surface area contributed by atoms with Gasteiger partial charge in [-0.3, -0.25) is 9.78 Å². The highest BCUT2D eigenvalue weighted by molar-refractivity contribution is 5.85. The lowest BCUT2D eigenvalue weighted by atomic mass is 10.2. The van der Waals surface area contributed by atoms with E-state index in [1.807, 2.05) is 0 Å². The summed E-state index contributed by atoms with van der Waals surface area (Å²) in [6.07, 6.45) is 3.94. The Kier molecular flexibility index (Phi) is 3.17. The third kappa shape index (κ3) is 2.90. The summed E-state index contributed by atoms with van der Waals surface area (Å²) in [6.45, 7) is 0.517. The zero-order valence-corrected chi connectivity index (χ0v) is 9.01. The van der Waals surface area contributed by atoms with Crippen LogP contribution in [0.15, 0.2) is 12.4 Å². The molecule has 1 fully saturated rings. The molecule has 0 spiro atoms. The fourth-order valence-corrected chi connectivity index (χ4v) is 1.61. The molecule has 2 rings (SSSR count). The van der Waals surface area contributed by atoms with Crippen LogP contribution in [0.1, 0.15) is 23.3 Å². The van der Waals surface area contributed by atoms with E-state index in [2.05, 4.69) is 20.6 Å². The number of carbonyl (C=O) groups excluding carboxylic acids is 1. The lowest BCUT2D eigenvalue weighted by molar-refractivity contribution is -0.119. The maximum absolute atomic E-state index is 11.0. The van der Waals surface area contributed by atoms with Crippen LogP contribution in [0.2, 0.25) is 0 Å². The minimum Gasteiger partial charge on any atom is -0.476 e. The quantitative estimate of drug-likeness (QED) is 0.672. The number of nitrogens with zero attached hydrogens (tertiary/aromatic N) is 2. The number of carboxylic acid groups (broad SMARTS) is 1. The summed E-state index contributed by atoms with van der Waals surface area (Å²) in [7, 11) is 0. The van der Waals surface area contributed by atoms with Crippen molar-refractivity contribution in [3.8, 4) is 0 Å². The first-order valence-electron chi connectivity index (χ1n) is 5.24. The Labute approximate surface area is 97.3 Å². The molecule has 1 atom stereocenters. The Hall–Kier alpha value is -2.18. The van der Waals surface area contributed by atoms with Gasteiger partial charge in [-0.25, -0.2) is 9.78 Å². The molecule has 1 unspecified atom stereocenters. The van der Waals surface area contributed by atoms with Gasteiger partial charge in [0.2, 0.25) is 5.91 Å². The number of aromatic nitrogens is 2. The van der Waals surface area contributed by atoms with Gasteiger partial charge < -0.3 is 15.7 Å². The summed E-state index contributed by atoms with van der Waals surface area (Å²) in [6, 6.07) is 0.0674. The van der Waals surface area contributed by atoms with Crippen LogP contribution in [0.25, 0.3) is 0 Å². The number of aromatic carboxylic acids is 1. The van der Waals surface area contributed by atoms with Crippen molar-refractivity contribution in [2.24, 2.45) is 0 Å². The molecular weight excluding hydrogens is 224 g/mol. The summed E-state index contributed by atoms with van der Waals surface area (Å²) in [4.78, 5) is 29.3.